The predicted molar refractivity (Wildman–Crippen MR) is 38.2 cm³/mol. The molecule has 0 aromatic carbocycles. The Morgan fingerprint density at radius 2 is 2.33 bits per heavy atom. The fraction of sp³-hybridized carbons (Fsp3) is 0.500. The van der Waals surface area contributed by atoms with E-state index in [-0.39, 0.29) is 0 Å². The van der Waals surface area contributed by atoms with Crippen LogP contribution in [-0.2, 0) is 0 Å². The number of hydrogen-bond donors (Lipinski definition) is 1. The molecular weight excluding hydrogens is 112 g/mol. The van der Waals surface area contributed by atoms with Gasteiger partial charge in [0.05, 0.1) is 5.76 Å². The van der Waals surface area contributed by atoms with Crippen molar-refractivity contribution in [2.24, 2.45) is 5.92 Å². The first kappa shape index (κ1) is 6.40. The first-order chi connectivity index (χ1) is 4.20. The van der Waals surface area contributed by atoms with Crippen molar-refractivity contribution in [3.05, 3.63) is 23.5 Å². The van der Waals surface area contributed by atoms with E-state index in [0.717, 1.165) is 12.0 Å². The van der Waals surface area contributed by atoms with Gasteiger partial charge in [0, 0.05) is 6.42 Å². The summed E-state index contributed by atoms with van der Waals surface area (Å²) >= 11 is 0. The maximum absolute atomic E-state index is 9.18. The molecule has 0 heterocycles. The summed E-state index contributed by atoms with van der Waals surface area (Å²) in [7, 11) is 0. The molecular formula is C8H12O. The molecule has 1 aliphatic rings. The Bertz CT molecular complexity index is 165. The highest BCUT2D eigenvalue weighted by Gasteiger charge is 2.07. The van der Waals surface area contributed by atoms with E-state index in [1.54, 1.807) is 0 Å². The zero-order valence-electron chi connectivity index (χ0n) is 5.89. The highest BCUT2D eigenvalue weighted by Crippen LogP contribution is 2.20. The largest absolute Gasteiger partial charge is 0.512 e. The van der Waals surface area contributed by atoms with Crippen LogP contribution < -0.4 is 0 Å². The van der Waals surface area contributed by atoms with Crippen molar-refractivity contribution < 1.29 is 5.11 Å². The first-order valence-electron chi connectivity index (χ1n) is 3.27. The van der Waals surface area contributed by atoms with Crippen LogP contribution >= 0.6 is 0 Å². The summed E-state index contributed by atoms with van der Waals surface area (Å²) in [6, 6.07) is 0. The van der Waals surface area contributed by atoms with E-state index in [9.17, 15) is 5.11 Å². The summed E-state index contributed by atoms with van der Waals surface area (Å²) in [5.74, 6) is 1.05. The van der Waals surface area contributed by atoms with Crippen LogP contribution in [0.15, 0.2) is 23.5 Å². The van der Waals surface area contributed by atoms with Crippen LogP contribution in [-0.4, -0.2) is 5.11 Å². The molecule has 1 aliphatic carbocycles. The van der Waals surface area contributed by atoms with Crippen LogP contribution in [0.4, 0.5) is 0 Å². The quantitative estimate of drug-likeness (QED) is 0.525. The Labute approximate surface area is 55.7 Å². The molecule has 0 radical (unpaired) electrons. The maximum atomic E-state index is 9.18. The Morgan fingerprint density at radius 3 is 2.78 bits per heavy atom. The van der Waals surface area contributed by atoms with Crippen molar-refractivity contribution in [1.82, 2.24) is 0 Å². The molecule has 1 nitrogen and oxygen atoms in total. The molecule has 1 atom stereocenters. The van der Waals surface area contributed by atoms with Gasteiger partial charge in [0.25, 0.3) is 0 Å². The molecule has 0 amide bonds. The molecule has 1 unspecified atom stereocenters. The van der Waals surface area contributed by atoms with Gasteiger partial charge >= 0.3 is 0 Å². The van der Waals surface area contributed by atoms with Gasteiger partial charge in [0.2, 0.25) is 0 Å². The lowest BCUT2D eigenvalue weighted by atomic mass is 9.98. The summed E-state index contributed by atoms with van der Waals surface area (Å²) < 4.78 is 0. The van der Waals surface area contributed by atoms with Crippen LogP contribution in [0.2, 0.25) is 0 Å². The normalized spacial score (nSPS) is 27.1. The first-order valence-corrected chi connectivity index (χ1v) is 3.27. The van der Waals surface area contributed by atoms with Crippen molar-refractivity contribution in [2.45, 2.75) is 20.3 Å². The minimum atomic E-state index is 0.508. The lowest BCUT2D eigenvalue weighted by molar-refractivity contribution is 0.364. The van der Waals surface area contributed by atoms with Gasteiger partial charge in [-0.15, -0.1) is 0 Å². The molecule has 0 fully saturated rings. The van der Waals surface area contributed by atoms with Crippen LogP contribution in [0, 0.1) is 5.92 Å². The summed E-state index contributed by atoms with van der Waals surface area (Å²) in [6.45, 7) is 4.02. The summed E-state index contributed by atoms with van der Waals surface area (Å²) in [5.41, 5.74) is 1.01. The highest BCUT2D eigenvalue weighted by molar-refractivity contribution is 5.24. The van der Waals surface area contributed by atoms with Gasteiger partial charge in [0.15, 0.2) is 0 Å². The third kappa shape index (κ3) is 1.35. The minimum absolute atomic E-state index is 0.508. The van der Waals surface area contributed by atoms with Gasteiger partial charge in [-0.1, -0.05) is 19.1 Å². The van der Waals surface area contributed by atoms with Crippen LogP contribution in [0.5, 0.6) is 0 Å². The monoisotopic (exact) mass is 124 g/mol. The Hall–Kier alpha value is -0.720. The third-order valence-corrected chi connectivity index (χ3v) is 1.65. The van der Waals surface area contributed by atoms with Crippen molar-refractivity contribution in [1.29, 1.82) is 0 Å². The molecule has 0 spiro atoms. The van der Waals surface area contributed by atoms with Gasteiger partial charge < -0.3 is 5.11 Å². The summed E-state index contributed by atoms with van der Waals surface area (Å²) in [4.78, 5) is 0. The number of aliphatic hydroxyl groups is 1. The molecule has 0 bridgehead atoms. The molecule has 50 valence electrons. The van der Waals surface area contributed by atoms with E-state index in [1.807, 2.05) is 13.0 Å². The lowest BCUT2D eigenvalue weighted by Gasteiger charge is -2.11. The van der Waals surface area contributed by atoms with Gasteiger partial charge in [-0.25, -0.2) is 0 Å². The van der Waals surface area contributed by atoms with Crippen LogP contribution in [0.1, 0.15) is 20.3 Å². The van der Waals surface area contributed by atoms with Gasteiger partial charge in [-0.2, -0.15) is 0 Å². The van der Waals surface area contributed by atoms with Crippen molar-refractivity contribution >= 4 is 0 Å². The SMILES string of the molecule is CC1=C(O)CC(C)C=C1. The zero-order chi connectivity index (χ0) is 6.85. The van der Waals surface area contributed by atoms with Gasteiger partial charge in [-0.3, -0.25) is 0 Å². The van der Waals surface area contributed by atoms with Crippen LogP contribution in [0.3, 0.4) is 0 Å². The van der Waals surface area contributed by atoms with E-state index in [4.69, 9.17) is 0 Å². The number of hydrogen-bond acceptors (Lipinski definition) is 1. The predicted octanol–water partition coefficient (Wildman–Crippen LogP) is 2.41. The molecule has 0 aromatic heterocycles. The topological polar surface area (TPSA) is 20.2 Å². The molecule has 1 N–H and O–H groups in total. The minimum Gasteiger partial charge on any atom is -0.512 e. The second-order valence-electron chi connectivity index (χ2n) is 2.67. The fourth-order valence-corrected chi connectivity index (χ4v) is 0.939. The Kier molecular flexibility index (Phi) is 1.60. The van der Waals surface area contributed by atoms with E-state index >= 15 is 0 Å². The molecule has 0 saturated carbocycles. The van der Waals surface area contributed by atoms with Crippen molar-refractivity contribution in [3.63, 3.8) is 0 Å². The number of allylic oxidation sites excluding steroid dienone is 4. The molecule has 0 saturated heterocycles. The summed E-state index contributed by atoms with van der Waals surface area (Å²) in [6.07, 6.45) is 4.90. The second-order valence-corrected chi connectivity index (χ2v) is 2.67. The second kappa shape index (κ2) is 2.26. The smallest absolute Gasteiger partial charge is 0.0957 e. The van der Waals surface area contributed by atoms with E-state index in [2.05, 4.69) is 13.0 Å². The van der Waals surface area contributed by atoms with Crippen molar-refractivity contribution in [3.8, 4) is 0 Å². The average molecular weight is 124 g/mol. The Morgan fingerprint density at radius 1 is 1.67 bits per heavy atom. The van der Waals surface area contributed by atoms with E-state index < -0.39 is 0 Å². The maximum Gasteiger partial charge on any atom is 0.0957 e. The molecule has 9 heavy (non-hydrogen) atoms. The van der Waals surface area contributed by atoms with Crippen LogP contribution in [0.25, 0.3) is 0 Å². The molecule has 1 rings (SSSR count). The average Bonchev–Trinajstić information content (AvgIpc) is 1.80. The Balaban J connectivity index is 2.75. The fourth-order valence-electron chi connectivity index (χ4n) is 0.939. The van der Waals surface area contributed by atoms with E-state index in [0.29, 0.717) is 11.7 Å². The van der Waals surface area contributed by atoms with Gasteiger partial charge in [0.1, 0.15) is 0 Å². The molecule has 0 aromatic rings. The van der Waals surface area contributed by atoms with E-state index in [1.165, 1.54) is 0 Å². The zero-order valence-corrected chi connectivity index (χ0v) is 5.89. The third-order valence-electron chi connectivity index (χ3n) is 1.65. The lowest BCUT2D eigenvalue weighted by Crippen LogP contribution is -1.99. The number of aliphatic hydroxyl groups excluding tert-OH is 1. The number of rotatable bonds is 0. The highest BCUT2D eigenvalue weighted by atomic mass is 16.3. The van der Waals surface area contributed by atoms with Gasteiger partial charge in [-0.05, 0) is 18.4 Å². The summed E-state index contributed by atoms with van der Waals surface area (Å²) in [5, 5.41) is 9.18. The molecule has 1 heteroatoms. The standard InChI is InChI=1S/C8H12O/c1-6-3-4-7(2)8(9)5-6/h3-4,6,9H,5H2,1-2H3. The molecule has 0 aliphatic heterocycles. The van der Waals surface area contributed by atoms with Crippen molar-refractivity contribution in [2.75, 3.05) is 0 Å².